The quantitative estimate of drug-likeness (QED) is 0.894. The summed E-state index contributed by atoms with van der Waals surface area (Å²) in [6.07, 6.45) is 3.45. The molecule has 3 rings (SSSR count). The van der Waals surface area contributed by atoms with Gasteiger partial charge in [-0.15, -0.1) is 0 Å². The first kappa shape index (κ1) is 13.6. The molecule has 1 aromatic carbocycles. The Hall–Kier alpha value is -1.35. The second kappa shape index (κ2) is 5.57. The Morgan fingerprint density at radius 1 is 1.30 bits per heavy atom. The van der Waals surface area contributed by atoms with Gasteiger partial charge in [0, 0.05) is 31.2 Å². The molecule has 3 heteroatoms. The topological polar surface area (TPSA) is 32.3 Å². The summed E-state index contributed by atoms with van der Waals surface area (Å²) in [5.41, 5.74) is 3.49. The molecule has 1 saturated carbocycles. The highest BCUT2D eigenvalue weighted by atomic mass is 16.2. The van der Waals surface area contributed by atoms with Crippen molar-refractivity contribution in [3.8, 4) is 0 Å². The van der Waals surface area contributed by atoms with E-state index in [1.54, 1.807) is 0 Å². The SMILES string of the molecule is CC(C)CCN(C(=O)c1ccc2c(c1)CNC2)C1CC1. The van der Waals surface area contributed by atoms with Crippen molar-refractivity contribution in [3.05, 3.63) is 34.9 Å². The summed E-state index contributed by atoms with van der Waals surface area (Å²) < 4.78 is 0. The number of nitrogens with one attached hydrogen (secondary N) is 1. The Bertz CT molecular complexity index is 506. The van der Waals surface area contributed by atoms with Crippen LogP contribution in [0.1, 0.15) is 54.6 Å². The number of carbonyl (C=O) groups excluding carboxylic acids is 1. The van der Waals surface area contributed by atoms with Crippen LogP contribution in [0.25, 0.3) is 0 Å². The van der Waals surface area contributed by atoms with Crippen LogP contribution in [-0.4, -0.2) is 23.4 Å². The monoisotopic (exact) mass is 272 g/mol. The van der Waals surface area contributed by atoms with Gasteiger partial charge >= 0.3 is 0 Å². The van der Waals surface area contributed by atoms with Crippen LogP contribution < -0.4 is 5.32 Å². The molecule has 108 valence electrons. The van der Waals surface area contributed by atoms with Crippen LogP contribution in [0.3, 0.4) is 0 Å². The van der Waals surface area contributed by atoms with E-state index in [9.17, 15) is 4.79 Å². The van der Waals surface area contributed by atoms with Gasteiger partial charge in [-0.3, -0.25) is 4.79 Å². The predicted molar refractivity (Wildman–Crippen MR) is 80.5 cm³/mol. The molecule has 1 fully saturated rings. The van der Waals surface area contributed by atoms with Crippen molar-refractivity contribution in [2.75, 3.05) is 6.54 Å². The van der Waals surface area contributed by atoms with E-state index in [4.69, 9.17) is 0 Å². The molecule has 1 aliphatic carbocycles. The summed E-state index contributed by atoms with van der Waals surface area (Å²) in [4.78, 5) is 14.8. The zero-order valence-corrected chi connectivity index (χ0v) is 12.5. The lowest BCUT2D eigenvalue weighted by molar-refractivity contribution is 0.0735. The third-order valence-electron chi connectivity index (χ3n) is 4.28. The van der Waals surface area contributed by atoms with Gasteiger partial charge in [-0.2, -0.15) is 0 Å². The molecular weight excluding hydrogens is 248 g/mol. The molecule has 1 N–H and O–H groups in total. The van der Waals surface area contributed by atoms with Crippen molar-refractivity contribution in [3.63, 3.8) is 0 Å². The van der Waals surface area contributed by atoms with E-state index in [0.717, 1.165) is 31.6 Å². The number of hydrogen-bond donors (Lipinski definition) is 1. The zero-order valence-electron chi connectivity index (χ0n) is 12.5. The number of nitrogens with zero attached hydrogens (tertiary/aromatic N) is 1. The second-order valence-corrected chi connectivity index (χ2v) is 6.50. The minimum absolute atomic E-state index is 0.225. The van der Waals surface area contributed by atoms with Crippen LogP contribution >= 0.6 is 0 Å². The fourth-order valence-corrected chi connectivity index (χ4v) is 2.83. The molecular formula is C17H24N2O. The molecule has 0 radical (unpaired) electrons. The average molecular weight is 272 g/mol. The molecule has 0 bridgehead atoms. The number of rotatable bonds is 5. The van der Waals surface area contributed by atoms with Gasteiger partial charge in [-0.25, -0.2) is 0 Å². The third-order valence-corrected chi connectivity index (χ3v) is 4.28. The van der Waals surface area contributed by atoms with Gasteiger partial charge in [0.2, 0.25) is 0 Å². The number of fused-ring (bicyclic) bond motifs is 1. The Balaban J connectivity index is 1.75. The van der Waals surface area contributed by atoms with E-state index in [1.165, 1.54) is 24.0 Å². The smallest absolute Gasteiger partial charge is 0.254 e. The Labute approximate surface area is 121 Å². The van der Waals surface area contributed by atoms with Gasteiger partial charge in [-0.05, 0) is 48.4 Å². The summed E-state index contributed by atoms with van der Waals surface area (Å²) in [5.74, 6) is 0.871. The standard InChI is InChI=1S/C17H24N2O/c1-12(2)7-8-19(16-5-6-16)17(20)13-3-4-14-10-18-11-15(14)9-13/h3-4,9,12,16,18H,5-8,10-11H2,1-2H3. The van der Waals surface area contributed by atoms with Gasteiger partial charge < -0.3 is 10.2 Å². The van der Waals surface area contributed by atoms with E-state index < -0.39 is 0 Å². The fourth-order valence-electron chi connectivity index (χ4n) is 2.83. The van der Waals surface area contributed by atoms with Crippen molar-refractivity contribution < 1.29 is 4.79 Å². The number of hydrogen-bond acceptors (Lipinski definition) is 2. The van der Waals surface area contributed by atoms with Crippen molar-refractivity contribution in [2.45, 2.75) is 52.2 Å². The Kier molecular flexibility index (Phi) is 3.79. The lowest BCUT2D eigenvalue weighted by Gasteiger charge is -2.23. The highest BCUT2D eigenvalue weighted by Crippen LogP contribution is 2.29. The fraction of sp³-hybridized carbons (Fsp3) is 0.588. The molecule has 2 aliphatic rings. The van der Waals surface area contributed by atoms with Gasteiger partial charge in [0.05, 0.1) is 0 Å². The molecule has 1 aliphatic heterocycles. The Morgan fingerprint density at radius 3 is 2.75 bits per heavy atom. The number of carbonyl (C=O) groups is 1. The van der Waals surface area contributed by atoms with Crippen LogP contribution in [-0.2, 0) is 13.1 Å². The number of benzene rings is 1. The predicted octanol–water partition coefficient (Wildman–Crippen LogP) is 2.94. The van der Waals surface area contributed by atoms with E-state index in [0.29, 0.717) is 12.0 Å². The van der Waals surface area contributed by atoms with E-state index in [1.807, 2.05) is 6.07 Å². The minimum atomic E-state index is 0.225. The average Bonchev–Trinajstić information content (AvgIpc) is 3.15. The highest BCUT2D eigenvalue weighted by Gasteiger charge is 2.33. The molecule has 3 nitrogen and oxygen atoms in total. The molecule has 0 saturated heterocycles. The lowest BCUT2D eigenvalue weighted by atomic mass is 10.0. The maximum atomic E-state index is 12.7. The van der Waals surface area contributed by atoms with Crippen LogP contribution in [0, 0.1) is 5.92 Å². The van der Waals surface area contributed by atoms with Gasteiger partial charge in [-0.1, -0.05) is 19.9 Å². The molecule has 20 heavy (non-hydrogen) atoms. The van der Waals surface area contributed by atoms with E-state index in [2.05, 4.69) is 36.2 Å². The zero-order chi connectivity index (χ0) is 14.1. The highest BCUT2D eigenvalue weighted by molar-refractivity contribution is 5.95. The van der Waals surface area contributed by atoms with Crippen molar-refractivity contribution >= 4 is 5.91 Å². The van der Waals surface area contributed by atoms with E-state index in [-0.39, 0.29) is 5.91 Å². The normalized spacial score (nSPS) is 17.4. The third kappa shape index (κ3) is 2.88. The first-order valence-corrected chi connectivity index (χ1v) is 7.78. The first-order chi connectivity index (χ1) is 9.65. The van der Waals surface area contributed by atoms with Crippen molar-refractivity contribution in [1.82, 2.24) is 10.2 Å². The van der Waals surface area contributed by atoms with Gasteiger partial charge in [0.25, 0.3) is 5.91 Å². The van der Waals surface area contributed by atoms with Crippen molar-refractivity contribution in [2.24, 2.45) is 5.92 Å². The summed E-state index contributed by atoms with van der Waals surface area (Å²) in [5, 5.41) is 3.33. The minimum Gasteiger partial charge on any atom is -0.336 e. The first-order valence-electron chi connectivity index (χ1n) is 7.78. The summed E-state index contributed by atoms with van der Waals surface area (Å²) in [7, 11) is 0. The van der Waals surface area contributed by atoms with Gasteiger partial charge in [0.1, 0.15) is 0 Å². The van der Waals surface area contributed by atoms with Crippen LogP contribution in [0.2, 0.25) is 0 Å². The maximum absolute atomic E-state index is 12.7. The van der Waals surface area contributed by atoms with Gasteiger partial charge in [0.15, 0.2) is 0 Å². The van der Waals surface area contributed by atoms with Crippen LogP contribution in [0.4, 0.5) is 0 Å². The second-order valence-electron chi connectivity index (χ2n) is 6.50. The summed E-state index contributed by atoms with van der Waals surface area (Å²) in [6, 6.07) is 6.69. The molecule has 0 atom stereocenters. The van der Waals surface area contributed by atoms with E-state index >= 15 is 0 Å². The molecule has 0 unspecified atom stereocenters. The molecule has 0 spiro atoms. The lowest BCUT2D eigenvalue weighted by Crippen LogP contribution is -2.34. The maximum Gasteiger partial charge on any atom is 0.254 e. The molecule has 1 amide bonds. The van der Waals surface area contributed by atoms with Crippen molar-refractivity contribution in [1.29, 1.82) is 0 Å². The number of amides is 1. The van der Waals surface area contributed by atoms with Crippen LogP contribution in [0.5, 0.6) is 0 Å². The largest absolute Gasteiger partial charge is 0.336 e. The van der Waals surface area contributed by atoms with Crippen LogP contribution in [0.15, 0.2) is 18.2 Å². The summed E-state index contributed by atoms with van der Waals surface area (Å²) >= 11 is 0. The molecule has 1 heterocycles. The molecule has 0 aromatic heterocycles. The summed E-state index contributed by atoms with van der Waals surface area (Å²) in [6.45, 7) is 7.17. The molecule has 1 aromatic rings. The Morgan fingerprint density at radius 2 is 2.05 bits per heavy atom.